The normalized spacial score (nSPS) is 11.3. The van der Waals surface area contributed by atoms with Gasteiger partial charge in [0.15, 0.2) is 0 Å². The summed E-state index contributed by atoms with van der Waals surface area (Å²) in [4.78, 5) is 14.2. The Bertz CT molecular complexity index is 1470. The molecule has 5 heteroatoms. The van der Waals surface area contributed by atoms with Gasteiger partial charge in [-0.05, 0) is 52.6 Å². The minimum atomic E-state index is -0.247. The fraction of sp³-hybridized carbons (Fsp3) is 0.229. The summed E-state index contributed by atoms with van der Waals surface area (Å²) in [7, 11) is 3.10. The van der Waals surface area contributed by atoms with Crippen molar-refractivity contribution in [3.63, 3.8) is 0 Å². The molecule has 0 N–H and O–H groups in total. The lowest BCUT2D eigenvalue weighted by Gasteiger charge is -2.28. The van der Waals surface area contributed by atoms with Gasteiger partial charge >= 0.3 is 5.97 Å². The molecule has 0 fully saturated rings. The highest BCUT2D eigenvalue weighted by Crippen LogP contribution is 2.27. The molecular weight excluding hydrogens is 498 g/mol. The van der Waals surface area contributed by atoms with Crippen LogP contribution in [0.25, 0.3) is 11.0 Å². The predicted molar refractivity (Wildman–Crippen MR) is 159 cm³/mol. The van der Waals surface area contributed by atoms with Gasteiger partial charge in [0.25, 0.3) is 0 Å². The molecule has 5 rings (SSSR count). The molecule has 1 aromatic heterocycles. The summed E-state index contributed by atoms with van der Waals surface area (Å²) in [5.41, 5.74) is 5.58. The summed E-state index contributed by atoms with van der Waals surface area (Å²) in [6.07, 6.45) is 1.02. The lowest BCUT2D eigenvalue weighted by molar-refractivity contribution is -0.139. The van der Waals surface area contributed by atoms with Gasteiger partial charge in [0, 0.05) is 37.4 Å². The molecule has 5 nitrogen and oxygen atoms in total. The van der Waals surface area contributed by atoms with Crippen LogP contribution in [0, 0.1) is 0 Å². The third-order valence-corrected chi connectivity index (χ3v) is 7.29. The van der Waals surface area contributed by atoms with Crippen molar-refractivity contribution >= 4 is 16.9 Å². The first kappa shape index (κ1) is 27.2. The number of nitrogens with zero attached hydrogens (tertiary/aromatic N) is 1. The van der Waals surface area contributed by atoms with Gasteiger partial charge in [-0.15, -0.1) is 0 Å². The van der Waals surface area contributed by atoms with E-state index in [2.05, 4.69) is 83.8 Å². The third kappa shape index (κ3) is 6.99. The Labute approximate surface area is 236 Å². The topological polar surface area (TPSA) is 51.9 Å². The number of carbonyl (C=O) groups excluding carboxylic acids is 1. The molecule has 0 atom stereocenters. The van der Waals surface area contributed by atoms with Crippen molar-refractivity contribution < 1.29 is 18.7 Å². The van der Waals surface area contributed by atoms with Gasteiger partial charge in [0.2, 0.25) is 0 Å². The maximum absolute atomic E-state index is 11.7. The summed E-state index contributed by atoms with van der Waals surface area (Å²) >= 11 is 0. The molecule has 0 aliphatic rings. The number of hydrogen-bond acceptors (Lipinski definition) is 5. The number of esters is 1. The van der Waals surface area contributed by atoms with Gasteiger partial charge in [-0.2, -0.15) is 0 Å². The Kier molecular flexibility index (Phi) is 8.94. The second kappa shape index (κ2) is 13.1. The van der Waals surface area contributed by atoms with Crippen LogP contribution in [0.2, 0.25) is 0 Å². The van der Waals surface area contributed by atoms with Gasteiger partial charge in [-0.1, -0.05) is 78.9 Å². The Balaban J connectivity index is 1.38. The first-order valence-corrected chi connectivity index (χ1v) is 13.6. The van der Waals surface area contributed by atoms with Crippen molar-refractivity contribution in [2.24, 2.45) is 0 Å². The standard InChI is InChI=1S/C35H35NO4/c1-38-31-16-13-26(14-17-31)24-36(25-33(28-9-5-3-6-10-28)29-11-7-4-8-12-29)20-19-32-23-30-21-27(22-35(37)39-2)15-18-34(30)40-32/h3-18,21,23,33H,19-20,22,24-25H2,1-2H3. The van der Waals surface area contributed by atoms with Crippen molar-refractivity contribution in [2.45, 2.75) is 25.3 Å². The van der Waals surface area contributed by atoms with E-state index in [9.17, 15) is 4.79 Å². The average molecular weight is 534 g/mol. The first-order valence-electron chi connectivity index (χ1n) is 13.6. The molecule has 0 saturated heterocycles. The number of carbonyl (C=O) groups is 1. The zero-order valence-corrected chi connectivity index (χ0v) is 23.1. The van der Waals surface area contributed by atoms with E-state index < -0.39 is 0 Å². The van der Waals surface area contributed by atoms with E-state index >= 15 is 0 Å². The van der Waals surface area contributed by atoms with E-state index in [1.165, 1.54) is 23.8 Å². The number of benzene rings is 4. The minimum Gasteiger partial charge on any atom is -0.497 e. The van der Waals surface area contributed by atoms with Crippen molar-refractivity contribution in [1.82, 2.24) is 4.90 Å². The van der Waals surface area contributed by atoms with E-state index in [4.69, 9.17) is 13.9 Å². The molecule has 0 amide bonds. The molecule has 4 aromatic carbocycles. The summed E-state index contributed by atoms with van der Waals surface area (Å²) in [6, 6.07) is 37.7. The molecule has 1 heterocycles. The number of hydrogen-bond donors (Lipinski definition) is 0. The molecule has 0 unspecified atom stereocenters. The van der Waals surface area contributed by atoms with E-state index in [-0.39, 0.29) is 18.3 Å². The van der Waals surface area contributed by atoms with Crippen molar-refractivity contribution in [1.29, 1.82) is 0 Å². The number of furan rings is 1. The van der Waals surface area contributed by atoms with E-state index in [0.29, 0.717) is 0 Å². The summed E-state index contributed by atoms with van der Waals surface area (Å²) in [5.74, 6) is 1.78. The molecule has 5 aromatic rings. The fourth-order valence-corrected chi connectivity index (χ4v) is 5.14. The quantitative estimate of drug-likeness (QED) is 0.161. The highest BCUT2D eigenvalue weighted by Gasteiger charge is 2.19. The Hall–Kier alpha value is -4.35. The predicted octanol–water partition coefficient (Wildman–Crippen LogP) is 7.03. The third-order valence-electron chi connectivity index (χ3n) is 7.29. The zero-order valence-electron chi connectivity index (χ0n) is 23.1. The van der Waals surface area contributed by atoms with Crippen LogP contribution in [0.3, 0.4) is 0 Å². The lowest BCUT2D eigenvalue weighted by atomic mass is 9.90. The number of methoxy groups -OCH3 is 2. The number of fused-ring (bicyclic) bond motifs is 1. The molecule has 204 valence electrons. The van der Waals surface area contributed by atoms with Crippen molar-refractivity contribution in [3.05, 3.63) is 137 Å². The highest BCUT2D eigenvalue weighted by atomic mass is 16.5. The fourth-order valence-electron chi connectivity index (χ4n) is 5.14. The van der Waals surface area contributed by atoms with E-state index in [0.717, 1.165) is 54.1 Å². The van der Waals surface area contributed by atoms with Gasteiger partial charge < -0.3 is 13.9 Å². The van der Waals surface area contributed by atoms with Gasteiger partial charge in [-0.3, -0.25) is 9.69 Å². The molecule has 0 aliphatic carbocycles. The Morgan fingerprint density at radius 2 is 1.45 bits per heavy atom. The Morgan fingerprint density at radius 1 is 0.800 bits per heavy atom. The molecule has 0 spiro atoms. The maximum atomic E-state index is 11.7. The first-order chi connectivity index (χ1) is 19.6. The van der Waals surface area contributed by atoms with Crippen LogP contribution in [0.5, 0.6) is 5.75 Å². The highest BCUT2D eigenvalue weighted by molar-refractivity contribution is 5.81. The van der Waals surface area contributed by atoms with Crippen LogP contribution in [0.4, 0.5) is 0 Å². The van der Waals surface area contributed by atoms with Gasteiger partial charge in [-0.25, -0.2) is 0 Å². The second-order valence-corrected chi connectivity index (χ2v) is 10.0. The van der Waals surface area contributed by atoms with Gasteiger partial charge in [0.05, 0.1) is 20.6 Å². The van der Waals surface area contributed by atoms with Crippen LogP contribution in [0.1, 0.15) is 33.9 Å². The summed E-state index contributed by atoms with van der Waals surface area (Å²) < 4.78 is 16.4. The molecule has 0 radical (unpaired) electrons. The Morgan fingerprint density at radius 3 is 2.08 bits per heavy atom. The molecule has 40 heavy (non-hydrogen) atoms. The lowest BCUT2D eigenvalue weighted by Crippen LogP contribution is -2.31. The minimum absolute atomic E-state index is 0.234. The van der Waals surface area contributed by atoms with E-state index in [1.54, 1.807) is 7.11 Å². The van der Waals surface area contributed by atoms with Crippen molar-refractivity contribution in [3.8, 4) is 5.75 Å². The summed E-state index contributed by atoms with van der Waals surface area (Å²) in [6.45, 7) is 2.50. The van der Waals surface area contributed by atoms with Crippen LogP contribution in [-0.4, -0.2) is 38.2 Å². The van der Waals surface area contributed by atoms with Crippen LogP contribution in [0.15, 0.2) is 114 Å². The summed E-state index contributed by atoms with van der Waals surface area (Å²) in [5, 5.41) is 1.00. The van der Waals surface area contributed by atoms with Gasteiger partial charge in [0.1, 0.15) is 17.1 Å². The smallest absolute Gasteiger partial charge is 0.309 e. The molecule has 0 aliphatic heterocycles. The number of ether oxygens (including phenoxy) is 2. The van der Waals surface area contributed by atoms with Crippen LogP contribution < -0.4 is 4.74 Å². The van der Waals surface area contributed by atoms with Crippen molar-refractivity contribution in [2.75, 3.05) is 27.3 Å². The molecule has 0 bridgehead atoms. The largest absolute Gasteiger partial charge is 0.497 e. The van der Waals surface area contributed by atoms with Crippen LogP contribution in [-0.2, 0) is 28.9 Å². The monoisotopic (exact) mass is 533 g/mol. The molecule has 0 saturated carbocycles. The average Bonchev–Trinajstić information content (AvgIpc) is 3.42. The maximum Gasteiger partial charge on any atom is 0.309 e. The SMILES string of the molecule is COC(=O)Cc1ccc2oc(CCN(Cc3ccc(OC)cc3)CC(c3ccccc3)c3ccccc3)cc2c1. The molecular formula is C35H35NO4. The number of rotatable bonds is 12. The zero-order chi connectivity index (χ0) is 27.7. The van der Waals surface area contributed by atoms with Crippen LogP contribution >= 0.6 is 0 Å². The van der Waals surface area contributed by atoms with E-state index in [1.807, 2.05) is 30.3 Å². The second-order valence-electron chi connectivity index (χ2n) is 10.0.